The van der Waals surface area contributed by atoms with E-state index in [4.69, 9.17) is 4.74 Å². The highest BCUT2D eigenvalue weighted by Gasteiger charge is 2.39. The van der Waals surface area contributed by atoms with Crippen LogP contribution in [0.4, 0.5) is 10.5 Å². The second-order valence-corrected chi connectivity index (χ2v) is 12.3. The Balaban J connectivity index is 1.13. The first-order valence-electron chi connectivity index (χ1n) is 14.3. The van der Waals surface area contributed by atoms with Crippen molar-refractivity contribution in [2.75, 3.05) is 50.7 Å². The fraction of sp³-hybridized carbons (Fsp3) is 0.655. The summed E-state index contributed by atoms with van der Waals surface area (Å²) in [6.45, 7) is 12.6. The van der Waals surface area contributed by atoms with Crippen LogP contribution >= 0.6 is 0 Å². The summed E-state index contributed by atoms with van der Waals surface area (Å²) in [5.41, 5.74) is 2.24. The standard InChI is InChI=1S/C29H41N5O5/c1-29(2,3)39-28(38)33-13-9-20(10-14-33)18-31-11-4-12-32(16-15-31)22-5-6-23-21(17-22)19-34(27(23)37)24-7-8-25(35)30-26(24)36/h5-6,17,20,24H,4,7-16,18-19H2,1-3H3,(H,30,35,36). The van der Waals surface area contributed by atoms with Gasteiger partial charge < -0.3 is 24.3 Å². The van der Waals surface area contributed by atoms with Crippen molar-refractivity contribution < 1.29 is 23.9 Å². The molecule has 3 fully saturated rings. The lowest BCUT2D eigenvalue weighted by Crippen LogP contribution is -2.52. The van der Waals surface area contributed by atoms with E-state index in [0.29, 0.717) is 24.4 Å². The summed E-state index contributed by atoms with van der Waals surface area (Å²) in [6, 6.07) is 5.42. The number of hydrogen-bond donors (Lipinski definition) is 1. The quantitative estimate of drug-likeness (QED) is 0.587. The van der Waals surface area contributed by atoms with Gasteiger partial charge in [-0.05, 0) is 82.7 Å². The van der Waals surface area contributed by atoms with Gasteiger partial charge in [0.05, 0.1) is 0 Å². The van der Waals surface area contributed by atoms with Crippen molar-refractivity contribution in [3.8, 4) is 0 Å². The molecule has 0 aliphatic carbocycles. The zero-order valence-electron chi connectivity index (χ0n) is 23.4. The first-order valence-corrected chi connectivity index (χ1v) is 14.3. The SMILES string of the molecule is CC(C)(C)OC(=O)N1CCC(CN2CCCN(c3ccc4c(c3)CN(C3CCC(=O)NC3=O)C4=O)CC2)CC1. The molecule has 10 nitrogen and oxygen atoms in total. The predicted octanol–water partition coefficient (Wildman–Crippen LogP) is 2.61. The first kappa shape index (κ1) is 27.4. The number of carbonyl (C=O) groups excluding carboxylic acids is 4. The molecule has 39 heavy (non-hydrogen) atoms. The summed E-state index contributed by atoms with van der Waals surface area (Å²) >= 11 is 0. The molecule has 0 spiro atoms. The van der Waals surface area contributed by atoms with Crippen molar-refractivity contribution in [3.63, 3.8) is 0 Å². The number of amides is 4. The molecule has 212 valence electrons. The Hall–Kier alpha value is -3.14. The summed E-state index contributed by atoms with van der Waals surface area (Å²) in [5.74, 6) is -0.203. The minimum absolute atomic E-state index is 0.134. The lowest BCUT2D eigenvalue weighted by Gasteiger charge is -2.35. The average molecular weight is 540 g/mol. The Morgan fingerprint density at radius 2 is 1.77 bits per heavy atom. The first-order chi connectivity index (χ1) is 18.6. The van der Waals surface area contributed by atoms with E-state index in [1.165, 1.54) is 0 Å². The molecule has 10 heteroatoms. The lowest BCUT2D eigenvalue weighted by molar-refractivity contribution is -0.136. The van der Waals surface area contributed by atoms with Crippen LogP contribution in [0.2, 0.25) is 0 Å². The summed E-state index contributed by atoms with van der Waals surface area (Å²) in [6.07, 6.45) is 3.50. The molecule has 4 amide bonds. The van der Waals surface area contributed by atoms with E-state index in [2.05, 4.69) is 21.2 Å². The van der Waals surface area contributed by atoms with Crippen LogP contribution in [-0.2, 0) is 20.9 Å². The minimum Gasteiger partial charge on any atom is -0.444 e. The molecule has 1 atom stereocenters. The number of nitrogens with one attached hydrogen (secondary N) is 1. The fourth-order valence-electron chi connectivity index (χ4n) is 6.16. The largest absolute Gasteiger partial charge is 0.444 e. The maximum Gasteiger partial charge on any atom is 0.410 e. The number of hydrogen-bond acceptors (Lipinski definition) is 7. The number of rotatable bonds is 4. The van der Waals surface area contributed by atoms with Gasteiger partial charge in [0.1, 0.15) is 11.6 Å². The molecule has 4 aliphatic rings. The molecule has 1 N–H and O–H groups in total. The van der Waals surface area contributed by atoms with Crippen LogP contribution in [0, 0.1) is 5.92 Å². The van der Waals surface area contributed by atoms with Crippen LogP contribution in [0.25, 0.3) is 0 Å². The molecular formula is C29H41N5O5. The Morgan fingerprint density at radius 3 is 2.49 bits per heavy atom. The molecule has 0 aromatic heterocycles. The molecule has 0 bridgehead atoms. The number of piperidine rings is 2. The van der Waals surface area contributed by atoms with E-state index < -0.39 is 11.6 Å². The van der Waals surface area contributed by atoms with E-state index in [9.17, 15) is 19.2 Å². The fourth-order valence-corrected chi connectivity index (χ4v) is 6.16. The number of benzene rings is 1. The van der Waals surface area contributed by atoms with Gasteiger partial charge in [0.2, 0.25) is 11.8 Å². The van der Waals surface area contributed by atoms with Crippen LogP contribution < -0.4 is 10.2 Å². The number of anilines is 1. The summed E-state index contributed by atoms with van der Waals surface area (Å²) in [7, 11) is 0. The Morgan fingerprint density at radius 1 is 1.00 bits per heavy atom. The van der Waals surface area contributed by atoms with Crippen molar-refractivity contribution in [2.45, 2.75) is 71.1 Å². The van der Waals surface area contributed by atoms with E-state index in [1.54, 1.807) is 4.90 Å². The van der Waals surface area contributed by atoms with E-state index in [-0.39, 0.29) is 30.2 Å². The van der Waals surface area contributed by atoms with Gasteiger partial charge in [0, 0.05) is 63.5 Å². The minimum atomic E-state index is -0.589. The normalized spacial score (nSPS) is 23.5. The van der Waals surface area contributed by atoms with Gasteiger partial charge in [-0.1, -0.05) is 0 Å². The maximum absolute atomic E-state index is 13.0. The Bertz CT molecular complexity index is 1120. The smallest absolute Gasteiger partial charge is 0.410 e. The second kappa shape index (κ2) is 11.2. The zero-order valence-corrected chi connectivity index (χ0v) is 23.4. The molecule has 0 radical (unpaired) electrons. The molecule has 3 saturated heterocycles. The predicted molar refractivity (Wildman–Crippen MR) is 146 cm³/mol. The van der Waals surface area contributed by atoms with Gasteiger partial charge in [0.25, 0.3) is 5.91 Å². The highest BCUT2D eigenvalue weighted by atomic mass is 16.6. The highest BCUT2D eigenvalue weighted by molar-refractivity contribution is 6.05. The van der Waals surface area contributed by atoms with Crippen molar-refractivity contribution in [1.29, 1.82) is 0 Å². The molecule has 1 aromatic rings. The summed E-state index contributed by atoms with van der Waals surface area (Å²) in [4.78, 5) is 57.7. The van der Waals surface area contributed by atoms with Crippen molar-refractivity contribution in [3.05, 3.63) is 29.3 Å². The van der Waals surface area contributed by atoms with Gasteiger partial charge >= 0.3 is 6.09 Å². The van der Waals surface area contributed by atoms with Crippen LogP contribution in [0.3, 0.4) is 0 Å². The molecule has 4 heterocycles. The number of likely N-dealkylation sites (tertiary alicyclic amines) is 1. The second-order valence-electron chi connectivity index (χ2n) is 12.3. The molecule has 5 rings (SSSR count). The van der Waals surface area contributed by atoms with E-state index in [0.717, 1.165) is 76.3 Å². The Kier molecular flexibility index (Phi) is 7.84. The van der Waals surface area contributed by atoms with Crippen molar-refractivity contribution in [2.24, 2.45) is 5.92 Å². The third-order valence-corrected chi connectivity index (χ3v) is 8.24. The molecular weight excluding hydrogens is 498 g/mol. The van der Waals surface area contributed by atoms with Crippen LogP contribution in [0.5, 0.6) is 0 Å². The van der Waals surface area contributed by atoms with Crippen LogP contribution in [-0.4, -0.2) is 96.0 Å². The van der Waals surface area contributed by atoms with Gasteiger partial charge in [-0.25, -0.2) is 4.79 Å². The van der Waals surface area contributed by atoms with Gasteiger partial charge in [-0.2, -0.15) is 0 Å². The average Bonchev–Trinajstić information content (AvgIpc) is 3.04. The maximum atomic E-state index is 13.0. The van der Waals surface area contributed by atoms with Crippen molar-refractivity contribution in [1.82, 2.24) is 20.0 Å². The van der Waals surface area contributed by atoms with Crippen LogP contribution in [0.1, 0.15) is 68.8 Å². The number of fused-ring (bicyclic) bond motifs is 1. The molecule has 1 aromatic carbocycles. The number of carbonyl (C=O) groups is 4. The third kappa shape index (κ3) is 6.37. The topological polar surface area (TPSA) is 102 Å². The number of ether oxygens (including phenoxy) is 1. The van der Waals surface area contributed by atoms with Gasteiger partial charge in [-0.3, -0.25) is 19.7 Å². The van der Waals surface area contributed by atoms with Gasteiger partial charge in [-0.15, -0.1) is 0 Å². The molecule has 4 aliphatic heterocycles. The van der Waals surface area contributed by atoms with Crippen molar-refractivity contribution >= 4 is 29.5 Å². The van der Waals surface area contributed by atoms with Gasteiger partial charge in [0.15, 0.2) is 0 Å². The zero-order chi connectivity index (χ0) is 27.7. The summed E-state index contributed by atoms with van der Waals surface area (Å²) < 4.78 is 5.53. The number of imide groups is 1. The van der Waals surface area contributed by atoms with E-state index in [1.807, 2.05) is 37.8 Å². The summed E-state index contributed by atoms with van der Waals surface area (Å²) in [5, 5.41) is 2.36. The number of nitrogens with zero attached hydrogens (tertiary/aromatic N) is 4. The van der Waals surface area contributed by atoms with E-state index >= 15 is 0 Å². The third-order valence-electron chi connectivity index (χ3n) is 8.24. The lowest BCUT2D eigenvalue weighted by atomic mass is 9.96. The van der Waals surface area contributed by atoms with Crippen LogP contribution in [0.15, 0.2) is 18.2 Å². The highest BCUT2D eigenvalue weighted by Crippen LogP contribution is 2.31. The monoisotopic (exact) mass is 539 g/mol. The Labute approximate surface area is 230 Å². The molecule has 0 saturated carbocycles. The molecule has 1 unspecified atom stereocenters.